The third-order valence-corrected chi connectivity index (χ3v) is 2.54. The van der Waals surface area contributed by atoms with E-state index in [9.17, 15) is 4.79 Å². The number of hydrogen-bond acceptors (Lipinski definition) is 3. The fourth-order valence-electron chi connectivity index (χ4n) is 1.62. The van der Waals surface area contributed by atoms with Gasteiger partial charge < -0.3 is 14.6 Å². The van der Waals surface area contributed by atoms with Gasteiger partial charge in [0.05, 0.1) is 19.6 Å². The van der Waals surface area contributed by atoms with Gasteiger partial charge in [0.2, 0.25) is 0 Å². The van der Waals surface area contributed by atoms with Crippen LogP contribution < -0.4 is 9.47 Å². The quantitative estimate of drug-likeness (QED) is 0.826. The van der Waals surface area contributed by atoms with Crippen LogP contribution in [-0.4, -0.2) is 24.8 Å². The van der Waals surface area contributed by atoms with Crippen LogP contribution in [0.4, 0.5) is 0 Å². The van der Waals surface area contributed by atoms with Crippen LogP contribution >= 0.6 is 0 Å². The zero-order chi connectivity index (χ0) is 12.8. The Bertz CT molecular complexity index is 387. The molecule has 0 aliphatic carbocycles. The molecule has 0 aliphatic rings. The first-order valence-electron chi connectivity index (χ1n) is 5.61. The van der Waals surface area contributed by atoms with Crippen molar-refractivity contribution in [1.82, 2.24) is 0 Å². The molecule has 1 aromatic carbocycles. The lowest BCUT2D eigenvalue weighted by Gasteiger charge is -2.15. The number of carboxylic acid groups (broad SMARTS) is 1. The topological polar surface area (TPSA) is 55.8 Å². The molecule has 0 radical (unpaired) electrons. The summed E-state index contributed by atoms with van der Waals surface area (Å²) in [7, 11) is 1.57. The summed E-state index contributed by atoms with van der Waals surface area (Å²) in [5.74, 6) is 0.0767. The van der Waals surface area contributed by atoms with Crippen molar-refractivity contribution in [2.75, 3.05) is 13.7 Å². The molecule has 0 fully saturated rings. The summed E-state index contributed by atoms with van der Waals surface area (Å²) in [5, 5.41) is 8.95. The van der Waals surface area contributed by atoms with Crippen LogP contribution in [0.1, 0.15) is 19.4 Å². The molecule has 4 heteroatoms. The van der Waals surface area contributed by atoms with E-state index < -0.39 is 11.9 Å². The predicted molar refractivity (Wildman–Crippen MR) is 64.7 cm³/mol. The first kappa shape index (κ1) is 13.4. The third kappa shape index (κ3) is 3.37. The number of ether oxygens (including phenoxy) is 2. The van der Waals surface area contributed by atoms with Gasteiger partial charge in [0.1, 0.15) is 11.5 Å². The van der Waals surface area contributed by atoms with Crippen molar-refractivity contribution in [2.24, 2.45) is 5.92 Å². The van der Waals surface area contributed by atoms with Crippen LogP contribution in [0, 0.1) is 5.92 Å². The molecule has 0 heterocycles. The van der Waals surface area contributed by atoms with E-state index in [1.807, 2.05) is 25.1 Å². The summed E-state index contributed by atoms with van der Waals surface area (Å²) in [6.07, 6.45) is 0.397. The first-order valence-corrected chi connectivity index (χ1v) is 5.61. The Morgan fingerprint density at radius 3 is 2.59 bits per heavy atom. The number of aliphatic carboxylic acids is 1. The van der Waals surface area contributed by atoms with Gasteiger partial charge in [-0.15, -0.1) is 0 Å². The molecule has 0 saturated heterocycles. The molecule has 0 amide bonds. The molecule has 1 atom stereocenters. The second kappa shape index (κ2) is 6.13. The fourth-order valence-corrected chi connectivity index (χ4v) is 1.62. The van der Waals surface area contributed by atoms with Crippen LogP contribution in [0.5, 0.6) is 11.5 Å². The average molecular weight is 238 g/mol. The first-order chi connectivity index (χ1) is 8.10. The van der Waals surface area contributed by atoms with Gasteiger partial charge in [-0.05, 0) is 25.5 Å². The molecule has 1 aromatic rings. The number of carboxylic acids is 1. The summed E-state index contributed by atoms with van der Waals surface area (Å²) in [5.41, 5.74) is 0.812. The van der Waals surface area contributed by atoms with E-state index in [4.69, 9.17) is 14.6 Å². The molecule has 1 unspecified atom stereocenters. The van der Waals surface area contributed by atoms with Crippen molar-refractivity contribution in [3.05, 3.63) is 23.8 Å². The lowest BCUT2D eigenvalue weighted by molar-refractivity contribution is -0.141. The highest BCUT2D eigenvalue weighted by atomic mass is 16.5. The van der Waals surface area contributed by atoms with Gasteiger partial charge in [-0.25, -0.2) is 0 Å². The molecule has 0 spiro atoms. The summed E-state index contributed by atoms with van der Waals surface area (Å²) < 4.78 is 10.7. The summed E-state index contributed by atoms with van der Waals surface area (Å²) in [6.45, 7) is 4.11. The van der Waals surface area contributed by atoms with E-state index in [-0.39, 0.29) is 0 Å². The van der Waals surface area contributed by atoms with Gasteiger partial charge in [-0.2, -0.15) is 0 Å². The van der Waals surface area contributed by atoms with Crippen LogP contribution in [0.15, 0.2) is 18.2 Å². The van der Waals surface area contributed by atoms with E-state index >= 15 is 0 Å². The van der Waals surface area contributed by atoms with Gasteiger partial charge in [-0.1, -0.05) is 13.0 Å². The minimum Gasteiger partial charge on any atom is -0.496 e. The van der Waals surface area contributed by atoms with Crippen molar-refractivity contribution < 1.29 is 19.4 Å². The number of rotatable bonds is 6. The molecule has 4 nitrogen and oxygen atoms in total. The lowest BCUT2D eigenvalue weighted by atomic mass is 9.99. The second-order valence-corrected chi connectivity index (χ2v) is 3.81. The number of carbonyl (C=O) groups is 1. The van der Waals surface area contributed by atoms with Gasteiger partial charge in [0.25, 0.3) is 0 Å². The molecule has 0 aliphatic heterocycles. The van der Waals surface area contributed by atoms with Crippen molar-refractivity contribution in [3.63, 3.8) is 0 Å². The van der Waals surface area contributed by atoms with E-state index in [2.05, 4.69) is 0 Å². The summed E-state index contributed by atoms with van der Waals surface area (Å²) in [6, 6.07) is 5.47. The van der Waals surface area contributed by atoms with E-state index in [1.54, 1.807) is 14.0 Å². The minimum absolute atomic E-state index is 0.397. The molecular formula is C13H18O4. The van der Waals surface area contributed by atoms with E-state index in [0.29, 0.717) is 24.5 Å². The monoisotopic (exact) mass is 238 g/mol. The molecule has 17 heavy (non-hydrogen) atoms. The minimum atomic E-state index is -0.821. The van der Waals surface area contributed by atoms with Crippen molar-refractivity contribution in [1.29, 1.82) is 0 Å². The molecule has 1 N–H and O–H groups in total. The van der Waals surface area contributed by atoms with Gasteiger partial charge >= 0.3 is 5.97 Å². The predicted octanol–water partition coefficient (Wildman–Crippen LogP) is 2.36. The molecule has 1 rings (SSSR count). The number of hydrogen-bond donors (Lipinski definition) is 1. The number of benzene rings is 1. The molecule has 94 valence electrons. The van der Waals surface area contributed by atoms with Gasteiger partial charge in [0.15, 0.2) is 0 Å². The maximum absolute atomic E-state index is 10.9. The summed E-state index contributed by atoms with van der Waals surface area (Å²) in [4.78, 5) is 10.9. The SMILES string of the molecule is CCOc1cccc(OC)c1CC(C)C(=O)O. The highest BCUT2D eigenvalue weighted by molar-refractivity contribution is 5.70. The standard InChI is InChI=1S/C13H18O4/c1-4-17-12-7-5-6-11(16-3)10(12)8-9(2)13(14)15/h5-7,9H,4,8H2,1-3H3,(H,14,15). The van der Waals surface area contributed by atoms with Gasteiger partial charge in [-0.3, -0.25) is 4.79 Å². The Labute approximate surface area is 101 Å². The Morgan fingerprint density at radius 2 is 2.06 bits per heavy atom. The zero-order valence-corrected chi connectivity index (χ0v) is 10.4. The molecule has 0 saturated carbocycles. The smallest absolute Gasteiger partial charge is 0.306 e. The molecule has 0 aromatic heterocycles. The van der Waals surface area contributed by atoms with Crippen LogP contribution in [0.3, 0.4) is 0 Å². The largest absolute Gasteiger partial charge is 0.496 e. The molecular weight excluding hydrogens is 220 g/mol. The Hall–Kier alpha value is -1.71. The molecule has 0 bridgehead atoms. The van der Waals surface area contributed by atoms with Crippen LogP contribution in [0.2, 0.25) is 0 Å². The Balaban J connectivity index is 3.03. The third-order valence-electron chi connectivity index (χ3n) is 2.54. The van der Waals surface area contributed by atoms with E-state index in [1.165, 1.54) is 0 Å². The van der Waals surface area contributed by atoms with Crippen molar-refractivity contribution in [2.45, 2.75) is 20.3 Å². The Morgan fingerprint density at radius 1 is 1.41 bits per heavy atom. The lowest BCUT2D eigenvalue weighted by Crippen LogP contribution is -2.13. The highest BCUT2D eigenvalue weighted by Crippen LogP contribution is 2.30. The zero-order valence-electron chi connectivity index (χ0n) is 10.4. The maximum Gasteiger partial charge on any atom is 0.306 e. The van der Waals surface area contributed by atoms with Crippen LogP contribution in [-0.2, 0) is 11.2 Å². The second-order valence-electron chi connectivity index (χ2n) is 3.81. The van der Waals surface area contributed by atoms with Crippen LogP contribution in [0.25, 0.3) is 0 Å². The summed E-state index contributed by atoms with van der Waals surface area (Å²) >= 11 is 0. The fraction of sp³-hybridized carbons (Fsp3) is 0.462. The Kier molecular flexibility index (Phi) is 4.82. The average Bonchev–Trinajstić information content (AvgIpc) is 2.31. The normalized spacial score (nSPS) is 11.9. The highest BCUT2D eigenvalue weighted by Gasteiger charge is 2.18. The number of methoxy groups -OCH3 is 1. The maximum atomic E-state index is 10.9. The van der Waals surface area contributed by atoms with Crippen molar-refractivity contribution >= 4 is 5.97 Å². The van der Waals surface area contributed by atoms with Gasteiger partial charge in [0, 0.05) is 5.56 Å². The van der Waals surface area contributed by atoms with Crippen molar-refractivity contribution in [3.8, 4) is 11.5 Å². The van der Waals surface area contributed by atoms with E-state index in [0.717, 1.165) is 5.56 Å².